The topological polar surface area (TPSA) is 249 Å². The van der Waals surface area contributed by atoms with Crippen molar-refractivity contribution in [3.63, 3.8) is 0 Å². The van der Waals surface area contributed by atoms with Gasteiger partial charge in [-0.3, -0.25) is 23.9 Å². The van der Waals surface area contributed by atoms with Crippen molar-refractivity contribution >= 4 is 40.7 Å². The molecule has 1 aliphatic rings. The summed E-state index contributed by atoms with van der Waals surface area (Å²) in [7, 11) is 1.88. The number of amides is 4. The number of thiazole rings is 1. The molecule has 76 heavy (non-hydrogen) atoms. The molecule has 21 heteroatoms. The van der Waals surface area contributed by atoms with E-state index in [0.717, 1.165) is 63.7 Å². The zero-order chi connectivity index (χ0) is 53.6. The summed E-state index contributed by atoms with van der Waals surface area (Å²) in [6.07, 6.45) is 8.14. The number of hydrogen-bond donors (Lipinski definition) is 5. The minimum Gasteiger partial charge on any atom is -0.494 e. The number of β-amino-alcohol motifs (C(OH)–C–C–N with tert-alkyl or cyclic N) is 1. The summed E-state index contributed by atoms with van der Waals surface area (Å²) in [6.45, 7) is 9.82. The van der Waals surface area contributed by atoms with Gasteiger partial charge in [0, 0.05) is 69.7 Å². The molecule has 20 nitrogen and oxygen atoms in total. The van der Waals surface area contributed by atoms with Gasteiger partial charge in [-0.05, 0) is 97.5 Å². The highest BCUT2D eigenvalue weighted by atomic mass is 32.1. The van der Waals surface area contributed by atoms with E-state index < -0.39 is 29.5 Å². The predicted molar refractivity (Wildman–Crippen MR) is 287 cm³/mol. The van der Waals surface area contributed by atoms with Crippen LogP contribution in [0.25, 0.3) is 22.0 Å². The van der Waals surface area contributed by atoms with E-state index in [4.69, 9.17) is 4.74 Å². The molecule has 0 aliphatic carbocycles. The van der Waals surface area contributed by atoms with Gasteiger partial charge in [0.25, 0.3) is 5.91 Å². The van der Waals surface area contributed by atoms with E-state index in [1.807, 2.05) is 116 Å². The Morgan fingerprint density at radius 3 is 2.47 bits per heavy atom. The number of hydrogen-bond acceptors (Lipinski definition) is 15. The van der Waals surface area contributed by atoms with E-state index in [-0.39, 0.29) is 43.7 Å². The molecule has 5 N–H and O–H groups in total. The molecule has 0 spiro atoms. The third-order valence-corrected chi connectivity index (χ3v) is 14.1. The molecule has 1 fully saturated rings. The third-order valence-electron chi connectivity index (χ3n) is 13.1. The Labute approximate surface area is 446 Å². The highest BCUT2D eigenvalue weighted by Crippen LogP contribution is 2.29. The fourth-order valence-corrected chi connectivity index (χ4v) is 9.70. The summed E-state index contributed by atoms with van der Waals surface area (Å²) >= 11 is 1.58. The molecule has 0 saturated carbocycles. The number of aromatic nitrogens is 9. The Bertz CT molecular complexity index is 3060. The number of nitrogens with zero attached hydrogens (tertiary/aromatic N) is 10. The fourth-order valence-electron chi connectivity index (χ4n) is 8.89. The van der Waals surface area contributed by atoms with Crippen LogP contribution in [0.1, 0.15) is 98.0 Å². The van der Waals surface area contributed by atoms with Gasteiger partial charge in [0.2, 0.25) is 17.7 Å². The molecule has 0 radical (unpaired) electrons. The average molecular weight is 1050 g/mol. The molecule has 0 bridgehead atoms. The minimum absolute atomic E-state index is 0.00414. The van der Waals surface area contributed by atoms with Crippen LogP contribution in [-0.4, -0.2) is 110 Å². The lowest BCUT2D eigenvalue weighted by Crippen LogP contribution is -2.57. The van der Waals surface area contributed by atoms with E-state index in [0.29, 0.717) is 62.0 Å². The number of carbonyl (C=O) groups is 4. The maximum absolute atomic E-state index is 14.1. The van der Waals surface area contributed by atoms with Crippen molar-refractivity contribution in [2.24, 2.45) is 12.5 Å². The number of aliphatic hydroxyl groups excluding tert-OH is 1. The summed E-state index contributed by atoms with van der Waals surface area (Å²) in [5, 5.41) is 40.0. The second-order valence-corrected chi connectivity index (χ2v) is 20.9. The summed E-state index contributed by atoms with van der Waals surface area (Å²) in [4.78, 5) is 69.1. The molecule has 5 heterocycles. The maximum Gasteiger partial charge on any atom is 0.251 e. The van der Waals surface area contributed by atoms with Gasteiger partial charge >= 0.3 is 0 Å². The first-order chi connectivity index (χ1) is 36.7. The van der Waals surface area contributed by atoms with E-state index in [1.165, 1.54) is 11.2 Å². The summed E-state index contributed by atoms with van der Waals surface area (Å²) < 4.78 is 9.73. The van der Waals surface area contributed by atoms with Crippen molar-refractivity contribution < 1.29 is 29.0 Å². The van der Waals surface area contributed by atoms with Gasteiger partial charge in [0.1, 0.15) is 29.9 Å². The number of carbonyl (C=O) groups excluding carboxylic acids is 4. The Balaban J connectivity index is 0.705. The molecular formula is C55H66N14O6S. The van der Waals surface area contributed by atoms with Crippen LogP contribution in [0.3, 0.4) is 0 Å². The monoisotopic (exact) mass is 1050 g/mol. The van der Waals surface area contributed by atoms with Crippen LogP contribution in [0.4, 0.5) is 5.69 Å². The van der Waals surface area contributed by atoms with E-state index >= 15 is 0 Å². The van der Waals surface area contributed by atoms with Crippen molar-refractivity contribution in [2.45, 2.75) is 117 Å². The Kier molecular flexibility index (Phi) is 18.3. The molecule has 4 amide bonds. The highest BCUT2D eigenvalue weighted by molar-refractivity contribution is 7.13. The number of anilines is 1. The fraction of sp³-hybridized carbons (Fsp3) is 0.400. The lowest BCUT2D eigenvalue weighted by atomic mass is 9.85. The number of aryl methyl sites for hydroxylation is 3. The van der Waals surface area contributed by atoms with Gasteiger partial charge < -0.3 is 40.6 Å². The van der Waals surface area contributed by atoms with Gasteiger partial charge in [0.15, 0.2) is 11.6 Å². The number of likely N-dealkylation sites (tertiary alicyclic amines) is 1. The number of nitrogens with one attached hydrogen (secondary N) is 4. The first-order valence-electron chi connectivity index (χ1n) is 25.6. The first kappa shape index (κ1) is 54.4. The zero-order valence-electron chi connectivity index (χ0n) is 43.6. The Morgan fingerprint density at radius 2 is 1.70 bits per heavy atom. The van der Waals surface area contributed by atoms with Crippen molar-refractivity contribution in [2.75, 3.05) is 18.5 Å². The van der Waals surface area contributed by atoms with Gasteiger partial charge in [-0.15, -0.1) is 26.6 Å². The van der Waals surface area contributed by atoms with Gasteiger partial charge in [-0.1, -0.05) is 68.4 Å². The largest absolute Gasteiger partial charge is 0.494 e. The van der Waals surface area contributed by atoms with Gasteiger partial charge in [-0.25, -0.2) is 15.0 Å². The summed E-state index contributed by atoms with van der Waals surface area (Å²) in [6, 6.07) is 22.9. The van der Waals surface area contributed by atoms with Crippen molar-refractivity contribution in [3.8, 4) is 27.7 Å². The van der Waals surface area contributed by atoms with Gasteiger partial charge in [0.05, 0.1) is 41.0 Å². The molecule has 2 unspecified atom stereocenters. The Morgan fingerprint density at radius 1 is 0.882 bits per heavy atom. The number of benzene rings is 3. The normalized spacial score (nSPS) is 14.8. The molecule has 3 atom stereocenters. The Hall–Kier alpha value is -7.91. The molecule has 1 saturated heterocycles. The molecule has 398 valence electrons. The van der Waals surface area contributed by atoms with Crippen molar-refractivity contribution in [1.29, 1.82) is 0 Å². The quantitative estimate of drug-likeness (QED) is 0.0422. The van der Waals surface area contributed by atoms with Crippen LogP contribution < -0.4 is 26.0 Å². The van der Waals surface area contributed by atoms with E-state index in [2.05, 4.69) is 56.7 Å². The van der Waals surface area contributed by atoms with Crippen molar-refractivity contribution in [1.82, 2.24) is 65.6 Å². The van der Waals surface area contributed by atoms with Crippen LogP contribution in [-0.2, 0) is 54.0 Å². The lowest BCUT2D eigenvalue weighted by Gasteiger charge is -2.35. The zero-order valence-corrected chi connectivity index (χ0v) is 44.4. The maximum atomic E-state index is 14.1. The molecule has 7 aromatic rings. The number of unbranched alkanes of at least 4 members (excludes halogenated alkanes) is 2. The standard InChI is InChI=1S/C55H66N14O6S/c1-36-49(76-35-61-36)39-20-18-37(19-21-39)29-59-53(73)46-28-43(70)33-69(46)54(74)50(55(2,3)4)62-48(71)17-11-15-42-32-68(66-63-42)24-7-6-8-25-75-44-16-9-12-38(26-44)30-58-52(72)40-13-10-14-41(27-40)57-31-47-64-65-51(67(47)5)45-22-23-56-34-60-45/h9-10,12-14,16,18-23,26-27,32,34-35,43,46,50,57,70H,6-8,11,15,17,24-25,28-31,33H2,1-5H3,(H,58,72)(H,59,73)(H,62,71)/t43-,46?,50?/m1/s1. The van der Waals surface area contributed by atoms with Crippen molar-refractivity contribution in [3.05, 3.63) is 137 Å². The van der Waals surface area contributed by atoms with Crippen LogP contribution in [0.5, 0.6) is 5.75 Å². The molecule has 1 aliphatic heterocycles. The third kappa shape index (κ3) is 14.7. The van der Waals surface area contributed by atoms with Crippen LogP contribution in [0.15, 0.2) is 103 Å². The first-order valence-corrected chi connectivity index (χ1v) is 26.5. The highest BCUT2D eigenvalue weighted by Gasteiger charge is 2.44. The second-order valence-electron chi connectivity index (χ2n) is 20.0. The van der Waals surface area contributed by atoms with E-state index in [1.54, 1.807) is 35.7 Å². The van der Waals surface area contributed by atoms with Crippen LogP contribution in [0.2, 0.25) is 0 Å². The smallest absolute Gasteiger partial charge is 0.251 e. The van der Waals surface area contributed by atoms with Crippen LogP contribution >= 0.6 is 11.3 Å². The lowest BCUT2D eigenvalue weighted by molar-refractivity contribution is -0.144. The SMILES string of the molecule is Cc1ncsc1-c1ccc(CNC(=O)C2C[C@@H](O)CN2C(=O)C(NC(=O)CCCc2cn(CCCCCOc3cccc(CNC(=O)c4cccc(NCc5nnc(-c6ccncn6)n5C)c4)c3)nn2)C(C)(C)C)cc1. The molecule has 3 aromatic carbocycles. The summed E-state index contributed by atoms with van der Waals surface area (Å²) in [5.41, 5.74) is 7.75. The summed E-state index contributed by atoms with van der Waals surface area (Å²) in [5.74, 6) is 0.852. The minimum atomic E-state index is -0.908. The number of rotatable bonds is 24. The van der Waals surface area contributed by atoms with Crippen LogP contribution in [0, 0.1) is 12.3 Å². The molecular weight excluding hydrogens is 985 g/mol. The van der Waals surface area contributed by atoms with Gasteiger partial charge in [-0.2, -0.15) is 0 Å². The molecule has 4 aromatic heterocycles. The second kappa shape index (κ2) is 25.6. The predicted octanol–water partition coefficient (Wildman–Crippen LogP) is 6.22. The average Bonchev–Trinajstić information content (AvgIpc) is 4.24. The number of aliphatic hydroxyl groups is 1. The number of ether oxygens (including phenoxy) is 1. The van der Waals surface area contributed by atoms with E-state index in [9.17, 15) is 24.3 Å². The molecule has 8 rings (SSSR count).